The van der Waals surface area contributed by atoms with E-state index in [-0.39, 0.29) is 11.8 Å². The highest BCUT2D eigenvalue weighted by Crippen LogP contribution is 2.28. The van der Waals surface area contributed by atoms with E-state index >= 15 is 0 Å². The van der Waals surface area contributed by atoms with Crippen LogP contribution in [-0.2, 0) is 4.79 Å². The Labute approximate surface area is 142 Å². The molecule has 0 bridgehead atoms. The summed E-state index contributed by atoms with van der Waals surface area (Å²) in [5, 5.41) is 0. The monoisotopic (exact) mass is 335 g/mol. The van der Waals surface area contributed by atoms with Crippen molar-refractivity contribution in [3.63, 3.8) is 0 Å². The zero-order valence-electron chi connectivity index (χ0n) is 14.4. The topological polar surface area (TPSA) is 66.6 Å². The zero-order valence-corrected chi connectivity index (χ0v) is 14.4. The number of piperazine rings is 1. The van der Waals surface area contributed by atoms with Crippen LogP contribution in [0.25, 0.3) is 0 Å². The molecule has 24 heavy (non-hydrogen) atoms. The molecule has 1 fully saturated rings. The first-order chi connectivity index (χ1) is 11.5. The lowest BCUT2D eigenvalue weighted by Crippen LogP contribution is -2.55. The van der Waals surface area contributed by atoms with Crippen molar-refractivity contribution in [2.75, 3.05) is 32.7 Å². The fraction of sp³-hybridized carbons (Fsp3) is 0.556. The van der Waals surface area contributed by atoms with Gasteiger partial charge >= 0.3 is 0 Å². The average molecular weight is 335 g/mol. The summed E-state index contributed by atoms with van der Waals surface area (Å²) in [5.41, 5.74) is 5.69. The molecule has 0 aliphatic carbocycles. The summed E-state index contributed by atoms with van der Waals surface area (Å²) in [6.07, 6.45) is 1.42. The van der Waals surface area contributed by atoms with Crippen molar-refractivity contribution < 1.29 is 14.0 Å². The van der Waals surface area contributed by atoms with Crippen molar-refractivity contribution in [3.05, 3.63) is 35.6 Å². The maximum atomic E-state index is 13.3. The highest BCUT2D eigenvalue weighted by atomic mass is 19.1. The van der Waals surface area contributed by atoms with Crippen LogP contribution in [0, 0.1) is 11.2 Å². The van der Waals surface area contributed by atoms with Gasteiger partial charge in [-0.2, -0.15) is 0 Å². The lowest BCUT2D eigenvalue weighted by atomic mass is 9.81. The molecule has 1 heterocycles. The maximum absolute atomic E-state index is 13.3. The number of nitrogens with two attached hydrogens (primary N) is 1. The Balaban J connectivity index is 2.00. The van der Waals surface area contributed by atoms with Gasteiger partial charge in [0.25, 0.3) is 5.91 Å². The largest absolute Gasteiger partial charge is 0.339 e. The van der Waals surface area contributed by atoms with Crippen LogP contribution in [0.3, 0.4) is 0 Å². The molecule has 0 atom stereocenters. The van der Waals surface area contributed by atoms with E-state index in [9.17, 15) is 14.0 Å². The molecule has 1 aliphatic rings. The van der Waals surface area contributed by atoms with Crippen LogP contribution in [0.5, 0.6) is 0 Å². The summed E-state index contributed by atoms with van der Waals surface area (Å²) < 4.78 is 13.3. The van der Waals surface area contributed by atoms with Crippen LogP contribution in [0.2, 0.25) is 0 Å². The molecule has 1 aromatic rings. The minimum atomic E-state index is -0.505. The summed E-state index contributed by atoms with van der Waals surface area (Å²) in [4.78, 5) is 28.7. The molecule has 2 rings (SSSR count). The van der Waals surface area contributed by atoms with Gasteiger partial charge in [0.15, 0.2) is 0 Å². The molecule has 6 heteroatoms. The lowest BCUT2D eigenvalue weighted by Gasteiger charge is -2.40. The van der Waals surface area contributed by atoms with Crippen molar-refractivity contribution in [2.24, 2.45) is 11.1 Å². The van der Waals surface area contributed by atoms with E-state index in [1.165, 1.54) is 18.2 Å². The van der Waals surface area contributed by atoms with E-state index in [0.717, 1.165) is 0 Å². The lowest BCUT2D eigenvalue weighted by molar-refractivity contribution is -0.143. The SMILES string of the molecule is CCC(CC)(CN)C(=O)N1CCN(C(=O)c2cccc(F)c2)CC1. The van der Waals surface area contributed by atoms with Crippen molar-refractivity contribution in [1.82, 2.24) is 9.80 Å². The Bertz CT molecular complexity index is 585. The average Bonchev–Trinajstić information content (AvgIpc) is 2.63. The van der Waals surface area contributed by atoms with Gasteiger partial charge in [-0.05, 0) is 31.0 Å². The second-order valence-electron chi connectivity index (χ2n) is 6.29. The number of hydrogen-bond donors (Lipinski definition) is 1. The van der Waals surface area contributed by atoms with E-state index in [1.807, 2.05) is 13.8 Å². The molecule has 132 valence electrons. The predicted molar refractivity (Wildman–Crippen MR) is 91.0 cm³/mol. The molecular weight excluding hydrogens is 309 g/mol. The fourth-order valence-corrected chi connectivity index (χ4v) is 3.18. The summed E-state index contributed by atoms with van der Waals surface area (Å²) in [7, 11) is 0. The molecule has 2 amide bonds. The highest BCUT2D eigenvalue weighted by Gasteiger charge is 2.38. The third-order valence-corrected chi connectivity index (χ3v) is 5.12. The first-order valence-electron chi connectivity index (χ1n) is 8.51. The first kappa shape index (κ1) is 18.4. The van der Waals surface area contributed by atoms with E-state index in [4.69, 9.17) is 5.73 Å². The Hall–Kier alpha value is -1.95. The fourth-order valence-electron chi connectivity index (χ4n) is 3.18. The number of hydrogen-bond acceptors (Lipinski definition) is 3. The molecule has 0 unspecified atom stereocenters. The van der Waals surface area contributed by atoms with E-state index < -0.39 is 11.2 Å². The zero-order chi connectivity index (χ0) is 17.7. The number of carbonyl (C=O) groups is 2. The Morgan fingerprint density at radius 1 is 1.12 bits per heavy atom. The van der Waals surface area contributed by atoms with Crippen LogP contribution in [-0.4, -0.2) is 54.3 Å². The summed E-state index contributed by atoms with van der Waals surface area (Å²) >= 11 is 0. The third-order valence-electron chi connectivity index (χ3n) is 5.12. The van der Waals surface area contributed by atoms with E-state index in [1.54, 1.807) is 15.9 Å². The number of nitrogens with zero attached hydrogens (tertiary/aromatic N) is 2. The first-order valence-corrected chi connectivity index (χ1v) is 8.51. The second-order valence-corrected chi connectivity index (χ2v) is 6.29. The van der Waals surface area contributed by atoms with Gasteiger partial charge in [0.1, 0.15) is 5.82 Å². The Morgan fingerprint density at radius 2 is 1.71 bits per heavy atom. The third kappa shape index (κ3) is 3.59. The molecule has 5 nitrogen and oxygen atoms in total. The molecule has 1 saturated heterocycles. The Kier molecular flexibility index (Phi) is 5.94. The van der Waals surface area contributed by atoms with Gasteiger partial charge in [0.2, 0.25) is 5.91 Å². The van der Waals surface area contributed by atoms with Crippen molar-refractivity contribution in [2.45, 2.75) is 26.7 Å². The van der Waals surface area contributed by atoms with Gasteiger partial charge in [0, 0.05) is 38.3 Å². The Morgan fingerprint density at radius 3 is 2.21 bits per heavy atom. The number of benzene rings is 1. The molecule has 0 aromatic heterocycles. The second kappa shape index (κ2) is 7.75. The molecule has 1 aliphatic heterocycles. The number of rotatable bonds is 5. The van der Waals surface area contributed by atoms with E-state index in [2.05, 4.69) is 0 Å². The van der Waals surface area contributed by atoms with Crippen LogP contribution >= 0.6 is 0 Å². The minimum absolute atomic E-state index is 0.0767. The molecule has 0 radical (unpaired) electrons. The summed E-state index contributed by atoms with van der Waals surface area (Å²) in [5.74, 6) is -0.543. The van der Waals surface area contributed by atoms with Gasteiger partial charge in [0.05, 0.1) is 5.41 Å². The number of halogens is 1. The van der Waals surface area contributed by atoms with Crippen LogP contribution in [0.15, 0.2) is 24.3 Å². The number of carbonyl (C=O) groups excluding carboxylic acids is 2. The van der Waals surface area contributed by atoms with Gasteiger partial charge in [-0.1, -0.05) is 19.9 Å². The van der Waals surface area contributed by atoms with Crippen LogP contribution < -0.4 is 5.73 Å². The molecule has 2 N–H and O–H groups in total. The van der Waals surface area contributed by atoms with Gasteiger partial charge < -0.3 is 15.5 Å². The number of amides is 2. The molecule has 0 saturated carbocycles. The highest BCUT2D eigenvalue weighted by molar-refractivity contribution is 5.94. The quantitative estimate of drug-likeness (QED) is 0.893. The molecular formula is C18H26FN3O2. The van der Waals surface area contributed by atoms with Gasteiger partial charge in [-0.15, -0.1) is 0 Å². The van der Waals surface area contributed by atoms with Gasteiger partial charge in [-0.25, -0.2) is 4.39 Å². The maximum Gasteiger partial charge on any atom is 0.254 e. The minimum Gasteiger partial charge on any atom is -0.339 e. The normalized spacial score (nSPS) is 15.5. The van der Waals surface area contributed by atoms with E-state index in [0.29, 0.717) is 51.1 Å². The summed E-state index contributed by atoms with van der Waals surface area (Å²) in [6, 6.07) is 5.69. The molecule has 1 aromatic carbocycles. The van der Waals surface area contributed by atoms with Crippen LogP contribution in [0.1, 0.15) is 37.0 Å². The van der Waals surface area contributed by atoms with Crippen LogP contribution in [0.4, 0.5) is 4.39 Å². The smallest absolute Gasteiger partial charge is 0.254 e. The van der Waals surface area contributed by atoms with Crippen molar-refractivity contribution in [3.8, 4) is 0 Å². The standard InChI is InChI=1S/C18H26FN3O2/c1-3-18(4-2,13-20)17(24)22-10-8-21(9-11-22)16(23)14-6-5-7-15(19)12-14/h5-7,12H,3-4,8-11,13,20H2,1-2H3. The van der Waals surface area contributed by atoms with Crippen molar-refractivity contribution >= 4 is 11.8 Å². The van der Waals surface area contributed by atoms with Crippen molar-refractivity contribution in [1.29, 1.82) is 0 Å². The van der Waals surface area contributed by atoms with Gasteiger partial charge in [-0.3, -0.25) is 9.59 Å². The predicted octanol–water partition coefficient (Wildman–Crippen LogP) is 1.88. The summed E-state index contributed by atoms with van der Waals surface area (Å²) in [6.45, 7) is 6.19. The molecule has 0 spiro atoms.